The molecule has 3 fully saturated rings. The van der Waals surface area contributed by atoms with E-state index in [-0.39, 0.29) is 16.6 Å². The average Bonchev–Trinajstić information content (AvgIpc) is 3.51. The molecule has 2 spiro atoms. The van der Waals surface area contributed by atoms with E-state index < -0.39 is 0 Å². The first-order valence-electron chi connectivity index (χ1n) is 15.9. The quantitative estimate of drug-likeness (QED) is 0.336. The highest BCUT2D eigenvalue weighted by Gasteiger charge is 2.66. The lowest BCUT2D eigenvalue weighted by Crippen LogP contribution is -2.55. The summed E-state index contributed by atoms with van der Waals surface area (Å²) in [6, 6.07) is 9.67. The molecule has 0 amide bonds. The largest absolute Gasteiger partial charge is 0.382 e. The number of nitrogens with one attached hydrogen (secondary N) is 1. The van der Waals surface area contributed by atoms with Crippen LogP contribution in [-0.2, 0) is 18.9 Å². The second kappa shape index (κ2) is 11.2. The van der Waals surface area contributed by atoms with Crippen LogP contribution in [0.25, 0.3) is 10.8 Å². The standard InChI is InChI=1S/C35H46N2O4/c1-33-11-9-29-22-28-5-6-30(37-15-16-39-19-20-40-18-17-38-2)23-34(28)12-13-35(29,41-34)32(33)8-7-31(33)26-4-3-25-10-14-36-24-27(25)21-26/h3-4,9-10,14,21-22,24,30-32,37H,5-8,11-13,15-20,23H2,1-2H3/t30-,31+,32+,33+,34?,35+/m0/s1. The number of allylic oxidation sites excluding steroid dienone is 1. The number of aromatic nitrogens is 1. The van der Waals surface area contributed by atoms with Gasteiger partial charge in [0.25, 0.3) is 0 Å². The molecule has 3 heterocycles. The van der Waals surface area contributed by atoms with Crippen molar-refractivity contribution in [2.24, 2.45) is 11.3 Å². The number of benzene rings is 1. The summed E-state index contributed by atoms with van der Waals surface area (Å²) in [5.41, 5.74) is 4.55. The summed E-state index contributed by atoms with van der Waals surface area (Å²) >= 11 is 0. The molecule has 0 radical (unpaired) electrons. The molecule has 6 atom stereocenters. The van der Waals surface area contributed by atoms with Crippen LogP contribution in [-0.4, -0.2) is 68.9 Å². The molecular weight excluding hydrogens is 512 g/mol. The minimum absolute atomic E-state index is 0.0890. The van der Waals surface area contributed by atoms with Gasteiger partial charge >= 0.3 is 0 Å². The molecule has 2 aliphatic heterocycles. The SMILES string of the molecule is COCCOCCOCCN[C@H]1CCC2=CC3=CC[C@]4(C)[C@@H](c5ccc6ccncc6c5)CC[C@H]4[C@@]34CCC2(C1)O4. The highest BCUT2D eigenvalue weighted by molar-refractivity contribution is 5.82. The van der Waals surface area contributed by atoms with Gasteiger partial charge in [0.2, 0.25) is 0 Å². The van der Waals surface area contributed by atoms with Crippen LogP contribution in [0.2, 0.25) is 0 Å². The van der Waals surface area contributed by atoms with Gasteiger partial charge in [-0.1, -0.05) is 31.2 Å². The number of pyridine rings is 1. The third-order valence-electron chi connectivity index (χ3n) is 11.2. The Labute approximate surface area is 244 Å². The van der Waals surface area contributed by atoms with E-state index in [9.17, 15) is 0 Å². The van der Waals surface area contributed by atoms with Crippen LogP contribution in [0.1, 0.15) is 69.8 Å². The molecule has 7 rings (SSSR count). The van der Waals surface area contributed by atoms with Gasteiger partial charge in [-0.3, -0.25) is 4.98 Å². The zero-order valence-electron chi connectivity index (χ0n) is 24.8. The van der Waals surface area contributed by atoms with Gasteiger partial charge in [0, 0.05) is 37.5 Å². The van der Waals surface area contributed by atoms with E-state index in [0.29, 0.717) is 50.9 Å². The molecule has 2 saturated carbocycles. The summed E-state index contributed by atoms with van der Waals surface area (Å²) in [5.74, 6) is 1.12. The number of nitrogens with zero attached hydrogens (tertiary/aromatic N) is 1. The number of fused-ring (bicyclic) bond motifs is 2. The smallest absolute Gasteiger partial charge is 0.0974 e. The van der Waals surface area contributed by atoms with Gasteiger partial charge in [-0.05, 0) is 103 Å². The zero-order chi connectivity index (χ0) is 27.9. The number of rotatable bonds is 11. The molecule has 3 aliphatic carbocycles. The van der Waals surface area contributed by atoms with Crippen LogP contribution in [0.3, 0.4) is 0 Å². The van der Waals surface area contributed by atoms with Crippen molar-refractivity contribution in [2.45, 2.75) is 81.5 Å². The molecule has 1 saturated heterocycles. The molecule has 5 aliphatic rings. The molecule has 2 bridgehead atoms. The average molecular weight is 559 g/mol. The third-order valence-corrected chi connectivity index (χ3v) is 11.2. The predicted octanol–water partition coefficient (Wildman–Crippen LogP) is 6.11. The van der Waals surface area contributed by atoms with Crippen molar-refractivity contribution in [2.75, 3.05) is 46.7 Å². The van der Waals surface area contributed by atoms with Gasteiger partial charge in [0.15, 0.2) is 0 Å². The summed E-state index contributed by atoms with van der Waals surface area (Å²) in [6.45, 7) is 6.65. The van der Waals surface area contributed by atoms with Crippen molar-refractivity contribution < 1.29 is 18.9 Å². The normalized spacial score (nSPS) is 35.5. The molecule has 220 valence electrons. The Morgan fingerprint density at radius 1 is 1.00 bits per heavy atom. The van der Waals surface area contributed by atoms with E-state index >= 15 is 0 Å². The van der Waals surface area contributed by atoms with Crippen molar-refractivity contribution >= 4 is 10.8 Å². The van der Waals surface area contributed by atoms with Crippen molar-refractivity contribution in [1.82, 2.24) is 10.3 Å². The molecular formula is C35H46N2O4. The maximum Gasteiger partial charge on any atom is 0.0974 e. The van der Waals surface area contributed by atoms with Crippen molar-refractivity contribution in [3.63, 3.8) is 0 Å². The molecule has 1 aromatic heterocycles. The Balaban J connectivity index is 1.02. The van der Waals surface area contributed by atoms with Gasteiger partial charge in [-0.2, -0.15) is 0 Å². The first kappa shape index (κ1) is 27.7. The lowest BCUT2D eigenvalue weighted by molar-refractivity contribution is -0.136. The fourth-order valence-electron chi connectivity index (χ4n) is 9.25. The maximum absolute atomic E-state index is 7.49. The van der Waals surface area contributed by atoms with Crippen LogP contribution >= 0.6 is 0 Å². The Morgan fingerprint density at radius 2 is 1.88 bits per heavy atom. The Morgan fingerprint density at radius 3 is 2.78 bits per heavy atom. The second-order valence-electron chi connectivity index (χ2n) is 13.3. The third kappa shape index (κ3) is 4.80. The van der Waals surface area contributed by atoms with Gasteiger partial charge in [-0.25, -0.2) is 0 Å². The lowest BCUT2D eigenvalue weighted by Gasteiger charge is -2.54. The Hall–Kier alpha value is -2.09. The summed E-state index contributed by atoms with van der Waals surface area (Å²) < 4.78 is 23.8. The molecule has 6 heteroatoms. The van der Waals surface area contributed by atoms with E-state index in [0.717, 1.165) is 38.6 Å². The van der Waals surface area contributed by atoms with Crippen LogP contribution in [0.4, 0.5) is 0 Å². The van der Waals surface area contributed by atoms with Gasteiger partial charge in [0.1, 0.15) is 0 Å². The summed E-state index contributed by atoms with van der Waals surface area (Å²) in [6.07, 6.45) is 18.4. The van der Waals surface area contributed by atoms with Crippen LogP contribution in [0, 0.1) is 11.3 Å². The lowest BCUT2D eigenvalue weighted by atomic mass is 9.58. The Bertz CT molecular complexity index is 1320. The zero-order valence-corrected chi connectivity index (χ0v) is 24.8. The fourth-order valence-corrected chi connectivity index (χ4v) is 9.25. The first-order chi connectivity index (χ1) is 20.1. The van der Waals surface area contributed by atoms with Gasteiger partial charge < -0.3 is 24.3 Å². The molecule has 1 aromatic carbocycles. The van der Waals surface area contributed by atoms with Crippen molar-refractivity contribution in [3.05, 3.63) is 65.5 Å². The first-order valence-corrected chi connectivity index (χ1v) is 15.9. The number of ether oxygens (including phenoxy) is 4. The van der Waals surface area contributed by atoms with Crippen molar-refractivity contribution in [3.8, 4) is 0 Å². The van der Waals surface area contributed by atoms with Gasteiger partial charge in [-0.15, -0.1) is 0 Å². The predicted molar refractivity (Wildman–Crippen MR) is 161 cm³/mol. The van der Waals surface area contributed by atoms with Crippen LogP contribution < -0.4 is 5.32 Å². The maximum atomic E-state index is 7.49. The topological polar surface area (TPSA) is 61.8 Å². The molecule has 41 heavy (non-hydrogen) atoms. The number of hydrogen-bond acceptors (Lipinski definition) is 6. The fraction of sp³-hybridized carbons (Fsp3) is 0.629. The minimum Gasteiger partial charge on any atom is -0.382 e. The monoisotopic (exact) mass is 558 g/mol. The van der Waals surface area contributed by atoms with E-state index in [4.69, 9.17) is 18.9 Å². The second-order valence-corrected chi connectivity index (χ2v) is 13.3. The highest BCUT2D eigenvalue weighted by atomic mass is 16.5. The van der Waals surface area contributed by atoms with E-state index in [1.54, 1.807) is 12.7 Å². The summed E-state index contributed by atoms with van der Waals surface area (Å²) in [5, 5.41) is 6.33. The minimum atomic E-state index is -0.114. The summed E-state index contributed by atoms with van der Waals surface area (Å²) in [4.78, 5) is 4.39. The molecule has 1 N–H and O–H groups in total. The molecule has 1 unspecified atom stereocenters. The van der Waals surface area contributed by atoms with Crippen LogP contribution in [0.15, 0.2) is 60.0 Å². The van der Waals surface area contributed by atoms with E-state index in [1.807, 2.05) is 12.4 Å². The van der Waals surface area contributed by atoms with E-state index in [2.05, 4.69) is 53.6 Å². The molecule has 6 nitrogen and oxygen atoms in total. The van der Waals surface area contributed by atoms with Crippen LogP contribution in [0.5, 0.6) is 0 Å². The highest BCUT2D eigenvalue weighted by Crippen LogP contribution is 2.69. The summed E-state index contributed by atoms with van der Waals surface area (Å²) in [7, 11) is 1.69. The van der Waals surface area contributed by atoms with E-state index in [1.165, 1.54) is 41.2 Å². The number of methoxy groups -OCH3 is 1. The van der Waals surface area contributed by atoms with Gasteiger partial charge in [0.05, 0.1) is 44.2 Å². The molecule has 2 aromatic rings. The van der Waals surface area contributed by atoms with Crippen molar-refractivity contribution in [1.29, 1.82) is 0 Å². The number of hydrogen-bond donors (Lipinski definition) is 1. The Kier molecular flexibility index (Phi) is 7.57.